The zero-order valence-corrected chi connectivity index (χ0v) is 18.3. The standard InChI is InChI=1S/C23H19F3N4O5/c1-35-22(34)18-19(29-17-10-14(23(24,25)26)4-7-16(17)28-18)27-15-5-2-12(3-6-15)20(31)30-9-8-13(11-30)21(32)33/h2-7,10,13H,8-9,11H2,1H3,(H,27,29)(H,32,33). The highest BCUT2D eigenvalue weighted by Gasteiger charge is 2.32. The van der Waals surface area contributed by atoms with Crippen LogP contribution in [0.1, 0.15) is 32.8 Å². The summed E-state index contributed by atoms with van der Waals surface area (Å²) in [5.41, 5.74) is -0.423. The fraction of sp³-hybridized carbons (Fsp3) is 0.261. The van der Waals surface area contributed by atoms with Gasteiger partial charge in [0.15, 0.2) is 11.5 Å². The Morgan fingerprint density at radius 1 is 1.09 bits per heavy atom. The van der Waals surface area contributed by atoms with Gasteiger partial charge in [-0.2, -0.15) is 13.2 Å². The summed E-state index contributed by atoms with van der Waals surface area (Å²) in [6.07, 6.45) is -4.19. The van der Waals surface area contributed by atoms with Crippen molar-refractivity contribution >= 4 is 40.4 Å². The van der Waals surface area contributed by atoms with E-state index >= 15 is 0 Å². The van der Waals surface area contributed by atoms with Gasteiger partial charge in [0.05, 0.1) is 29.6 Å². The summed E-state index contributed by atoms with van der Waals surface area (Å²) in [6, 6.07) is 8.86. The van der Waals surface area contributed by atoms with Gasteiger partial charge in [-0.1, -0.05) is 0 Å². The second-order valence-electron chi connectivity index (χ2n) is 7.89. The van der Waals surface area contributed by atoms with Gasteiger partial charge in [-0.3, -0.25) is 9.59 Å². The van der Waals surface area contributed by atoms with Crippen molar-refractivity contribution in [3.8, 4) is 0 Å². The first-order valence-corrected chi connectivity index (χ1v) is 10.4. The molecule has 1 unspecified atom stereocenters. The average molecular weight is 488 g/mol. The largest absolute Gasteiger partial charge is 0.481 e. The first-order chi connectivity index (χ1) is 16.6. The number of amides is 1. The van der Waals surface area contributed by atoms with E-state index in [1.165, 1.54) is 29.2 Å². The summed E-state index contributed by atoms with van der Waals surface area (Å²) in [5, 5.41) is 12.0. The Balaban J connectivity index is 1.61. The molecular weight excluding hydrogens is 469 g/mol. The van der Waals surface area contributed by atoms with Crippen molar-refractivity contribution < 1.29 is 37.4 Å². The van der Waals surface area contributed by atoms with Gasteiger partial charge < -0.3 is 20.1 Å². The highest BCUT2D eigenvalue weighted by atomic mass is 19.4. The predicted octanol–water partition coefficient (Wildman–Crippen LogP) is 3.73. The van der Waals surface area contributed by atoms with Crippen molar-refractivity contribution in [3.05, 3.63) is 59.3 Å². The number of rotatable bonds is 5. The van der Waals surface area contributed by atoms with Gasteiger partial charge in [-0.05, 0) is 48.9 Å². The number of esters is 1. The number of aromatic nitrogens is 2. The number of carboxylic acids is 1. The lowest BCUT2D eigenvalue weighted by atomic mass is 10.1. The highest BCUT2D eigenvalue weighted by Crippen LogP contribution is 2.32. The number of nitrogens with one attached hydrogen (secondary N) is 1. The summed E-state index contributed by atoms with van der Waals surface area (Å²) >= 11 is 0. The highest BCUT2D eigenvalue weighted by molar-refractivity contribution is 5.97. The van der Waals surface area contributed by atoms with Crippen LogP contribution in [0.25, 0.3) is 11.0 Å². The molecule has 1 aliphatic rings. The SMILES string of the molecule is COC(=O)c1nc2ccc(C(F)(F)F)cc2nc1Nc1ccc(C(=O)N2CCC(C(=O)O)C2)cc1. The molecule has 0 spiro atoms. The number of carbonyl (C=O) groups excluding carboxylic acids is 2. The third-order valence-corrected chi connectivity index (χ3v) is 5.59. The second-order valence-corrected chi connectivity index (χ2v) is 7.89. The van der Waals surface area contributed by atoms with E-state index in [2.05, 4.69) is 15.3 Å². The molecule has 2 N–H and O–H groups in total. The van der Waals surface area contributed by atoms with Gasteiger partial charge >= 0.3 is 18.1 Å². The summed E-state index contributed by atoms with van der Waals surface area (Å²) in [5.74, 6) is -2.82. The molecule has 2 heterocycles. The van der Waals surface area contributed by atoms with Crippen LogP contribution in [-0.2, 0) is 15.7 Å². The molecular formula is C23H19F3N4O5. The Morgan fingerprint density at radius 2 is 1.80 bits per heavy atom. The number of alkyl halides is 3. The molecule has 0 bridgehead atoms. The molecule has 182 valence electrons. The molecule has 3 aromatic rings. The lowest BCUT2D eigenvalue weighted by Gasteiger charge is -2.16. The van der Waals surface area contributed by atoms with Crippen molar-refractivity contribution in [1.29, 1.82) is 0 Å². The normalized spacial score (nSPS) is 15.8. The third-order valence-electron chi connectivity index (χ3n) is 5.59. The van der Waals surface area contributed by atoms with E-state index in [1.807, 2.05) is 0 Å². The van der Waals surface area contributed by atoms with E-state index in [-0.39, 0.29) is 35.0 Å². The lowest BCUT2D eigenvalue weighted by Crippen LogP contribution is -2.29. The van der Waals surface area contributed by atoms with Crippen LogP contribution in [0.15, 0.2) is 42.5 Å². The fourth-order valence-corrected chi connectivity index (χ4v) is 3.72. The Labute approximate surface area is 196 Å². The van der Waals surface area contributed by atoms with Crippen LogP contribution in [0, 0.1) is 5.92 Å². The van der Waals surface area contributed by atoms with Gasteiger partial charge in [0, 0.05) is 24.3 Å². The molecule has 0 radical (unpaired) electrons. The van der Waals surface area contributed by atoms with E-state index in [9.17, 15) is 27.6 Å². The monoisotopic (exact) mass is 488 g/mol. The molecule has 0 aliphatic carbocycles. The van der Waals surface area contributed by atoms with Crippen molar-refractivity contribution in [3.63, 3.8) is 0 Å². The van der Waals surface area contributed by atoms with E-state index in [0.29, 0.717) is 24.2 Å². The minimum Gasteiger partial charge on any atom is -0.481 e. The van der Waals surface area contributed by atoms with Crippen LogP contribution in [0.2, 0.25) is 0 Å². The number of ether oxygens (including phenoxy) is 1. The number of halogens is 3. The van der Waals surface area contributed by atoms with Crippen LogP contribution in [0.3, 0.4) is 0 Å². The van der Waals surface area contributed by atoms with Gasteiger partial charge in [-0.25, -0.2) is 14.8 Å². The first kappa shape index (κ1) is 23.9. The quantitative estimate of drug-likeness (QED) is 0.521. The molecule has 1 amide bonds. The molecule has 2 aromatic carbocycles. The van der Waals surface area contributed by atoms with Crippen molar-refractivity contribution in [2.45, 2.75) is 12.6 Å². The summed E-state index contributed by atoms with van der Waals surface area (Å²) in [4.78, 5) is 45.7. The number of benzene rings is 2. The number of hydrogen-bond donors (Lipinski definition) is 2. The number of fused-ring (bicyclic) bond motifs is 1. The van der Waals surface area contributed by atoms with Crippen LogP contribution in [0.4, 0.5) is 24.7 Å². The number of likely N-dealkylation sites (tertiary alicyclic amines) is 1. The molecule has 0 saturated carbocycles. The number of carboxylic acid groups (broad SMARTS) is 1. The van der Waals surface area contributed by atoms with Gasteiger partial charge in [0.1, 0.15) is 0 Å². The molecule has 9 nitrogen and oxygen atoms in total. The van der Waals surface area contributed by atoms with E-state index < -0.39 is 29.6 Å². The summed E-state index contributed by atoms with van der Waals surface area (Å²) < 4.78 is 44.0. The van der Waals surface area contributed by atoms with E-state index in [1.54, 1.807) is 0 Å². The fourth-order valence-electron chi connectivity index (χ4n) is 3.72. The molecule has 1 atom stereocenters. The van der Waals surface area contributed by atoms with Gasteiger partial charge in [0.2, 0.25) is 0 Å². The summed E-state index contributed by atoms with van der Waals surface area (Å²) in [6.45, 7) is 0.466. The van der Waals surface area contributed by atoms with Crippen LogP contribution < -0.4 is 5.32 Å². The number of methoxy groups -OCH3 is 1. The number of carbonyl (C=O) groups is 3. The average Bonchev–Trinajstić information content (AvgIpc) is 3.33. The zero-order valence-electron chi connectivity index (χ0n) is 18.3. The Kier molecular flexibility index (Phi) is 6.29. The Bertz CT molecular complexity index is 1310. The predicted molar refractivity (Wildman–Crippen MR) is 117 cm³/mol. The molecule has 1 saturated heterocycles. The maximum absolute atomic E-state index is 13.1. The number of anilines is 2. The van der Waals surface area contributed by atoms with Crippen LogP contribution >= 0.6 is 0 Å². The lowest BCUT2D eigenvalue weighted by molar-refractivity contribution is -0.141. The topological polar surface area (TPSA) is 122 Å². The van der Waals surface area contributed by atoms with Crippen LogP contribution in [-0.4, -0.2) is 58.0 Å². The van der Waals surface area contributed by atoms with Gasteiger partial charge in [-0.15, -0.1) is 0 Å². The summed E-state index contributed by atoms with van der Waals surface area (Å²) in [7, 11) is 1.14. The van der Waals surface area contributed by atoms with Gasteiger partial charge in [0.25, 0.3) is 5.91 Å². The third kappa shape index (κ3) is 5.00. The number of nitrogens with zero attached hydrogens (tertiary/aromatic N) is 3. The maximum Gasteiger partial charge on any atom is 0.416 e. The molecule has 1 fully saturated rings. The first-order valence-electron chi connectivity index (χ1n) is 10.4. The van der Waals surface area contributed by atoms with E-state index in [0.717, 1.165) is 25.3 Å². The zero-order chi connectivity index (χ0) is 25.3. The minimum atomic E-state index is -4.58. The molecule has 12 heteroatoms. The maximum atomic E-state index is 13.1. The van der Waals surface area contributed by atoms with E-state index in [4.69, 9.17) is 9.84 Å². The van der Waals surface area contributed by atoms with Crippen molar-refractivity contribution in [2.75, 3.05) is 25.5 Å². The smallest absolute Gasteiger partial charge is 0.416 e. The number of hydrogen-bond acceptors (Lipinski definition) is 7. The Hall–Kier alpha value is -4.22. The molecule has 1 aromatic heterocycles. The number of aliphatic carboxylic acids is 1. The molecule has 4 rings (SSSR count). The Morgan fingerprint density at radius 3 is 2.40 bits per heavy atom. The van der Waals surface area contributed by atoms with Crippen molar-refractivity contribution in [2.24, 2.45) is 5.92 Å². The molecule has 1 aliphatic heterocycles. The van der Waals surface area contributed by atoms with Crippen molar-refractivity contribution in [1.82, 2.24) is 14.9 Å². The molecule has 35 heavy (non-hydrogen) atoms. The minimum absolute atomic E-state index is 0.0789. The van der Waals surface area contributed by atoms with Crippen LogP contribution in [0.5, 0.6) is 0 Å². The second kappa shape index (κ2) is 9.20.